The molecule has 0 atom stereocenters. The minimum absolute atomic E-state index is 0.0430. The average molecular weight is 471 g/mol. The van der Waals surface area contributed by atoms with Crippen LogP contribution in [-0.4, -0.2) is 25.8 Å². The molecular formula is C23H17F4N5O2. The van der Waals surface area contributed by atoms with Crippen molar-refractivity contribution in [1.82, 2.24) is 19.9 Å². The number of nitrogens with zero attached hydrogens (tertiary/aromatic N) is 3. The standard InChI is InChI=1S/C23H17F4N5O2/c24-11-4-16(26)12(17(27)5-11)7-32(8-20-15(25)2-1-3-29-20)23(33)19-6-18-21(30-19)13-9-34-10-14(13)22(28)31-18/h1-6,30H,7-10H2,(H2,28,31). The average Bonchev–Trinajstić information content (AvgIpc) is 3.43. The van der Waals surface area contributed by atoms with Crippen LogP contribution < -0.4 is 5.73 Å². The molecule has 0 bridgehead atoms. The summed E-state index contributed by atoms with van der Waals surface area (Å²) in [5, 5.41) is 0. The van der Waals surface area contributed by atoms with Crippen molar-refractivity contribution in [3.8, 4) is 0 Å². The first-order valence-corrected chi connectivity index (χ1v) is 10.2. The molecule has 0 spiro atoms. The summed E-state index contributed by atoms with van der Waals surface area (Å²) in [5.41, 5.74) is 7.82. The lowest BCUT2D eigenvalue weighted by Crippen LogP contribution is -2.32. The van der Waals surface area contributed by atoms with Crippen molar-refractivity contribution in [2.75, 3.05) is 5.73 Å². The van der Waals surface area contributed by atoms with Crippen molar-refractivity contribution in [1.29, 1.82) is 0 Å². The molecule has 1 aliphatic heterocycles. The van der Waals surface area contributed by atoms with E-state index in [0.29, 0.717) is 29.8 Å². The second-order valence-corrected chi connectivity index (χ2v) is 7.83. The number of H-pyrrole nitrogens is 1. The molecule has 5 rings (SSSR count). The number of anilines is 1. The maximum Gasteiger partial charge on any atom is 0.271 e. The minimum Gasteiger partial charge on any atom is -0.383 e. The van der Waals surface area contributed by atoms with E-state index in [1.165, 1.54) is 18.3 Å². The summed E-state index contributed by atoms with van der Waals surface area (Å²) in [6.45, 7) is -0.422. The number of halogens is 4. The Hall–Kier alpha value is -3.99. The molecular weight excluding hydrogens is 454 g/mol. The summed E-state index contributed by atoms with van der Waals surface area (Å²) in [6.07, 6.45) is 1.33. The summed E-state index contributed by atoms with van der Waals surface area (Å²) in [7, 11) is 0. The van der Waals surface area contributed by atoms with Crippen LogP contribution in [-0.2, 0) is 31.0 Å². The highest BCUT2D eigenvalue weighted by Gasteiger charge is 2.26. The zero-order valence-electron chi connectivity index (χ0n) is 17.5. The van der Waals surface area contributed by atoms with Gasteiger partial charge in [-0.25, -0.2) is 22.5 Å². The summed E-state index contributed by atoms with van der Waals surface area (Å²) in [4.78, 5) is 25.6. The fraction of sp³-hybridized carbons (Fsp3) is 0.174. The highest BCUT2D eigenvalue weighted by molar-refractivity contribution is 5.98. The molecule has 0 saturated heterocycles. The fourth-order valence-electron chi connectivity index (χ4n) is 3.95. The molecule has 4 aromatic rings. The second-order valence-electron chi connectivity index (χ2n) is 7.83. The summed E-state index contributed by atoms with van der Waals surface area (Å²) >= 11 is 0. The molecule has 0 radical (unpaired) electrons. The van der Waals surface area contributed by atoms with Crippen molar-refractivity contribution in [3.05, 3.63) is 87.9 Å². The van der Waals surface area contributed by atoms with Crippen molar-refractivity contribution >= 4 is 22.8 Å². The van der Waals surface area contributed by atoms with Gasteiger partial charge in [0.05, 0.1) is 43.0 Å². The number of rotatable bonds is 5. The molecule has 1 aromatic carbocycles. The molecule has 3 N–H and O–H groups in total. The first-order valence-electron chi connectivity index (χ1n) is 10.2. The highest BCUT2D eigenvalue weighted by Crippen LogP contribution is 2.31. The SMILES string of the molecule is Nc1nc2cc(C(=O)N(Cc3ncccc3F)Cc3c(F)cc(F)cc3F)[nH]c2c2c1COC2. The Morgan fingerprint density at radius 3 is 2.53 bits per heavy atom. The van der Waals surface area contributed by atoms with Gasteiger partial charge >= 0.3 is 0 Å². The maximum absolute atomic E-state index is 14.4. The number of benzene rings is 1. The lowest BCUT2D eigenvalue weighted by Gasteiger charge is -2.23. The van der Waals surface area contributed by atoms with Gasteiger partial charge in [0.2, 0.25) is 0 Å². The predicted octanol–water partition coefficient (Wildman–Crippen LogP) is 3.97. The van der Waals surface area contributed by atoms with Gasteiger partial charge < -0.3 is 20.4 Å². The smallest absolute Gasteiger partial charge is 0.271 e. The van der Waals surface area contributed by atoms with Crippen LogP contribution in [0.3, 0.4) is 0 Å². The van der Waals surface area contributed by atoms with Gasteiger partial charge in [0.25, 0.3) is 5.91 Å². The molecule has 0 aliphatic carbocycles. The van der Waals surface area contributed by atoms with Gasteiger partial charge in [-0.2, -0.15) is 0 Å². The Kier molecular flexibility index (Phi) is 5.40. The number of nitrogens with one attached hydrogen (secondary N) is 1. The summed E-state index contributed by atoms with van der Waals surface area (Å²) < 4.78 is 61.8. The predicted molar refractivity (Wildman–Crippen MR) is 113 cm³/mol. The number of nitrogen functional groups attached to an aromatic ring is 1. The van der Waals surface area contributed by atoms with Crippen LogP contribution in [0.4, 0.5) is 23.4 Å². The van der Waals surface area contributed by atoms with Crippen molar-refractivity contribution < 1.29 is 27.1 Å². The van der Waals surface area contributed by atoms with Gasteiger partial charge in [0.15, 0.2) is 0 Å². The number of aromatic amines is 1. The first-order chi connectivity index (χ1) is 16.3. The monoisotopic (exact) mass is 471 g/mol. The Balaban J connectivity index is 1.56. The quantitative estimate of drug-likeness (QED) is 0.430. The van der Waals surface area contributed by atoms with Gasteiger partial charge in [0.1, 0.15) is 34.8 Å². The molecule has 11 heteroatoms. The molecule has 3 aromatic heterocycles. The molecule has 0 unspecified atom stereocenters. The van der Waals surface area contributed by atoms with Crippen LogP contribution in [0.15, 0.2) is 36.5 Å². The maximum atomic E-state index is 14.4. The van der Waals surface area contributed by atoms with Gasteiger partial charge in [-0.3, -0.25) is 9.78 Å². The van der Waals surface area contributed by atoms with E-state index < -0.39 is 47.8 Å². The van der Waals surface area contributed by atoms with Gasteiger partial charge in [-0.05, 0) is 18.2 Å². The van der Waals surface area contributed by atoms with Crippen molar-refractivity contribution in [3.63, 3.8) is 0 Å². The van der Waals surface area contributed by atoms with Crippen LogP contribution in [0.5, 0.6) is 0 Å². The number of amides is 1. The molecule has 174 valence electrons. The third kappa shape index (κ3) is 3.83. The number of ether oxygens (including phenoxy) is 1. The fourth-order valence-corrected chi connectivity index (χ4v) is 3.95. The Morgan fingerprint density at radius 1 is 1.06 bits per heavy atom. The molecule has 1 aliphatic rings. The van der Waals surface area contributed by atoms with Gasteiger partial charge in [-0.1, -0.05) is 0 Å². The molecule has 7 nitrogen and oxygen atoms in total. The molecule has 1 amide bonds. The van der Waals surface area contributed by atoms with Crippen molar-refractivity contribution in [2.24, 2.45) is 0 Å². The zero-order valence-corrected chi connectivity index (χ0v) is 17.5. The van der Waals surface area contributed by atoms with Crippen LogP contribution in [0.2, 0.25) is 0 Å². The number of carbonyl (C=O) groups is 1. The number of nitrogens with two attached hydrogens (primary N) is 1. The van der Waals surface area contributed by atoms with Crippen LogP contribution in [0.25, 0.3) is 11.0 Å². The van der Waals surface area contributed by atoms with E-state index in [0.717, 1.165) is 22.1 Å². The third-order valence-corrected chi connectivity index (χ3v) is 5.65. The lowest BCUT2D eigenvalue weighted by molar-refractivity contribution is 0.0717. The normalized spacial score (nSPS) is 12.8. The summed E-state index contributed by atoms with van der Waals surface area (Å²) in [6, 6.07) is 5.01. The first kappa shape index (κ1) is 21.8. The van der Waals surface area contributed by atoms with Crippen LogP contribution in [0.1, 0.15) is 32.9 Å². The highest BCUT2D eigenvalue weighted by atomic mass is 19.1. The number of fused-ring (bicyclic) bond motifs is 3. The number of carbonyl (C=O) groups excluding carboxylic acids is 1. The zero-order chi connectivity index (χ0) is 24.0. The van der Waals surface area contributed by atoms with E-state index in [-0.39, 0.29) is 23.8 Å². The number of hydrogen-bond donors (Lipinski definition) is 2. The van der Waals surface area contributed by atoms with Crippen LogP contribution >= 0.6 is 0 Å². The van der Waals surface area contributed by atoms with E-state index in [4.69, 9.17) is 10.5 Å². The molecule has 0 saturated carbocycles. The van der Waals surface area contributed by atoms with Crippen molar-refractivity contribution in [2.45, 2.75) is 26.3 Å². The lowest BCUT2D eigenvalue weighted by atomic mass is 10.1. The molecule has 0 fully saturated rings. The Labute approximate surface area is 190 Å². The second kappa shape index (κ2) is 8.41. The Bertz CT molecular complexity index is 1420. The van der Waals surface area contributed by atoms with Gasteiger partial charge in [-0.15, -0.1) is 0 Å². The van der Waals surface area contributed by atoms with E-state index in [1.54, 1.807) is 0 Å². The van der Waals surface area contributed by atoms with E-state index in [1.807, 2.05) is 0 Å². The number of hydrogen-bond acceptors (Lipinski definition) is 5. The largest absolute Gasteiger partial charge is 0.383 e. The third-order valence-electron chi connectivity index (χ3n) is 5.65. The molecule has 4 heterocycles. The van der Waals surface area contributed by atoms with E-state index in [2.05, 4.69) is 15.0 Å². The van der Waals surface area contributed by atoms with Gasteiger partial charge in [0, 0.05) is 35.0 Å². The molecule has 34 heavy (non-hydrogen) atoms. The van der Waals surface area contributed by atoms with E-state index >= 15 is 0 Å². The number of aromatic nitrogens is 3. The van der Waals surface area contributed by atoms with E-state index in [9.17, 15) is 22.4 Å². The minimum atomic E-state index is -1.17. The van der Waals surface area contributed by atoms with Crippen LogP contribution in [0, 0.1) is 23.3 Å². The topological polar surface area (TPSA) is 97.1 Å². The Morgan fingerprint density at radius 2 is 1.79 bits per heavy atom. The summed E-state index contributed by atoms with van der Waals surface area (Å²) in [5.74, 6) is -4.54. The number of pyridine rings is 2.